The van der Waals surface area contributed by atoms with E-state index in [-0.39, 0.29) is 5.75 Å². The van der Waals surface area contributed by atoms with E-state index in [9.17, 15) is 5.11 Å². The molecule has 0 unspecified atom stereocenters. The summed E-state index contributed by atoms with van der Waals surface area (Å²) in [5, 5.41) is 9.37. The number of phenols is 1. The summed E-state index contributed by atoms with van der Waals surface area (Å²) in [5.74, 6) is 1.08. The normalized spacial score (nSPS) is 10.5. The monoisotopic (exact) mass is 203 g/mol. The molecular formula is C11H13N3O. The van der Waals surface area contributed by atoms with E-state index >= 15 is 0 Å². The minimum absolute atomic E-state index is 0.253. The number of imidazole rings is 1. The van der Waals surface area contributed by atoms with Crippen molar-refractivity contribution in [1.82, 2.24) is 9.55 Å². The molecule has 0 saturated carbocycles. The van der Waals surface area contributed by atoms with Gasteiger partial charge in [-0.15, -0.1) is 0 Å². The Kier molecular flexibility index (Phi) is 2.43. The minimum Gasteiger partial charge on any atom is -0.508 e. The Morgan fingerprint density at radius 3 is 2.87 bits per heavy atom. The Labute approximate surface area is 88.0 Å². The zero-order chi connectivity index (χ0) is 10.8. The van der Waals surface area contributed by atoms with Crippen LogP contribution in [0.3, 0.4) is 0 Å². The van der Waals surface area contributed by atoms with Crippen molar-refractivity contribution in [3.63, 3.8) is 0 Å². The predicted molar refractivity (Wildman–Crippen MR) is 58.2 cm³/mol. The van der Waals surface area contributed by atoms with Gasteiger partial charge >= 0.3 is 0 Å². The molecule has 0 amide bonds. The lowest BCUT2D eigenvalue weighted by Gasteiger charge is -2.04. The third-order valence-electron chi connectivity index (χ3n) is 2.41. The molecule has 3 N–H and O–H groups in total. The molecule has 0 saturated heterocycles. The fourth-order valence-corrected chi connectivity index (χ4v) is 1.57. The highest BCUT2D eigenvalue weighted by Crippen LogP contribution is 2.23. The SMILES string of the molecule is Cn1c(-c2cccc(O)c2)cnc1CN. The van der Waals surface area contributed by atoms with Crippen LogP contribution in [0, 0.1) is 0 Å². The number of nitrogens with two attached hydrogens (primary N) is 1. The first-order chi connectivity index (χ1) is 7.22. The second-order valence-corrected chi connectivity index (χ2v) is 3.37. The smallest absolute Gasteiger partial charge is 0.122 e. The maximum absolute atomic E-state index is 9.37. The van der Waals surface area contributed by atoms with Crippen LogP contribution in [0.15, 0.2) is 30.5 Å². The van der Waals surface area contributed by atoms with Gasteiger partial charge in [-0.25, -0.2) is 4.98 Å². The van der Waals surface area contributed by atoms with E-state index in [0.717, 1.165) is 17.1 Å². The molecule has 0 aliphatic heterocycles. The molecule has 15 heavy (non-hydrogen) atoms. The van der Waals surface area contributed by atoms with Gasteiger partial charge in [0.05, 0.1) is 18.4 Å². The van der Waals surface area contributed by atoms with E-state index in [4.69, 9.17) is 5.73 Å². The van der Waals surface area contributed by atoms with Crippen LogP contribution in [0.4, 0.5) is 0 Å². The predicted octanol–water partition coefficient (Wildman–Crippen LogP) is 1.25. The average molecular weight is 203 g/mol. The molecule has 0 aliphatic carbocycles. The summed E-state index contributed by atoms with van der Waals surface area (Å²) in [6.07, 6.45) is 1.76. The summed E-state index contributed by atoms with van der Waals surface area (Å²) in [7, 11) is 1.91. The van der Waals surface area contributed by atoms with Crippen molar-refractivity contribution < 1.29 is 5.11 Å². The van der Waals surface area contributed by atoms with Crippen LogP contribution in [-0.4, -0.2) is 14.7 Å². The number of phenolic OH excluding ortho intramolecular Hbond substituents is 1. The molecule has 1 heterocycles. The van der Waals surface area contributed by atoms with Crippen molar-refractivity contribution in [3.8, 4) is 17.0 Å². The van der Waals surface area contributed by atoms with E-state index < -0.39 is 0 Å². The fourth-order valence-electron chi connectivity index (χ4n) is 1.57. The number of aromatic hydroxyl groups is 1. The first kappa shape index (κ1) is 9.73. The lowest BCUT2D eigenvalue weighted by atomic mass is 10.1. The highest BCUT2D eigenvalue weighted by molar-refractivity contribution is 5.61. The number of hydrogen-bond acceptors (Lipinski definition) is 3. The largest absolute Gasteiger partial charge is 0.508 e. The number of hydrogen-bond donors (Lipinski definition) is 2. The Balaban J connectivity index is 2.49. The lowest BCUT2D eigenvalue weighted by Crippen LogP contribution is -2.05. The van der Waals surface area contributed by atoms with Crippen molar-refractivity contribution >= 4 is 0 Å². The van der Waals surface area contributed by atoms with Crippen LogP contribution in [-0.2, 0) is 13.6 Å². The zero-order valence-electron chi connectivity index (χ0n) is 8.51. The van der Waals surface area contributed by atoms with E-state index in [1.54, 1.807) is 24.4 Å². The molecule has 4 heteroatoms. The van der Waals surface area contributed by atoms with Crippen molar-refractivity contribution in [2.45, 2.75) is 6.54 Å². The van der Waals surface area contributed by atoms with E-state index in [0.29, 0.717) is 6.54 Å². The molecule has 78 valence electrons. The number of nitrogens with zero attached hydrogens (tertiary/aromatic N) is 2. The van der Waals surface area contributed by atoms with Crippen molar-refractivity contribution in [2.75, 3.05) is 0 Å². The molecular weight excluding hydrogens is 190 g/mol. The van der Waals surface area contributed by atoms with Gasteiger partial charge in [0.15, 0.2) is 0 Å². The number of rotatable bonds is 2. The third kappa shape index (κ3) is 1.71. The van der Waals surface area contributed by atoms with Gasteiger partial charge in [0.1, 0.15) is 11.6 Å². The lowest BCUT2D eigenvalue weighted by molar-refractivity contribution is 0.475. The topological polar surface area (TPSA) is 64.1 Å². The standard InChI is InChI=1S/C11H13N3O/c1-14-10(7-13-11(14)6-12)8-3-2-4-9(15)5-8/h2-5,7,15H,6,12H2,1H3. The van der Waals surface area contributed by atoms with E-state index in [1.165, 1.54) is 0 Å². The van der Waals surface area contributed by atoms with Crippen molar-refractivity contribution in [3.05, 3.63) is 36.3 Å². The molecule has 0 radical (unpaired) electrons. The molecule has 1 aromatic heterocycles. The van der Waals surface area contributed by atoms with Gasteiger partial charge in [-0.2, -0.15) is 0 Å². The van der Waals surface area contributed by atoms with Gasteiger partial charge in [-0.1, -0.05) is 12.1 Å². The molecule has 0 atom stereocenters. The summed E-state index contributed by atoms with van der Waals surface area (Å²) in [4.78, 5) is 4.20. The maximum Gasteiger partial charge on any atom is 0.122 e. The highest BCUT2D eigenvalue weighted by Gasteiger charge is 2.07. The summed E-state index contributed by atoms with van der Waals surface area (Å²) in [6.45, 7) is 0.412. The van der Waals surface area contributed by atoms with Gasteiger partial charge < -0.3 is 15.4 Å². The molecule has 0 bridgehead atoms. The van der Waals surface area contributed by atoms with Gasteiger partial charge in [0, 0.05) is 12.6 Å². The summed E-state index contributed by atoms with van der Waals surface area (Å²) < 4.78 is 1.93. The minimum atomic E-state index is 0.253. The molecule has 2 rings (SSSR count). The van der Waals surface area contributed by atoms with E-state index in [1.807, 2.05) is 17.7 Å². The summed E-state index contributed by atoms with van der Waals surface area (Å²) >= 11 is 0. The first-order valence-electron chi connectivity index (χ1n) is 4.72. The fraction of sp³-hybridized carbons (Fsp3) is 0.182. The van der Waals surface area contributed by atoms with Gasteiger partial charge in [-0.3, -0.25) is 0 Å². The second-order valence-electron chi connectivity index (χ2n) is 3.37. The molecule has 2 aromatic rings. The van der Waals surface area contributed by atoms with Gasteiger partial charge in [0.25, 0.3) is 0 Å². The molecule has 1 aromatic carbocycles. The van der Waals surface area contributed by atoms with Crippen molar-refractivity contribution in [1.29, 1.82) is 0 Å². The number of aromatic nitrogens is 2. The Morgan fingerprint density at radius 2 is 2.27 bits per heavy atom. The first-order valence-corrected chi connectivity index (χ1v) is 4.72. The Hall–Kier alpha value is -1.81. The van der Waals surface area contributed by atoms with Gasteiger partial charge in [-0.05, 0) is 12.1 Å². The molecule has 4 nitrogen and oxygen atoms in total. The molecule has 0 spiro atoms. The van der Waals surface area contributed by atoms with Crippen LogP contribution in [0.25, 0.3) is 11.3 Å². The number of benzene rings is 1. The van der Waals surface area contributed by atoms with Crippen LogP contribution in [0.5, 0.6) is 5.75 Å². The van der Waals surface area contributed by atoms with E-state index in [2.05, 4.69) is 4.98 Å². The highest BCUT2D eigenvalue weighted by atomic mass is 16.3. The second kappa shape index (κ2) is 3.74. The van der Waals surface area contributed by atoms with Crippen LogP contribution < -0.4 is 5.73 Å². The third-order valence-corrected chi connectivity index (χ3v) is 2.41. The quantitative estimate of drug-likeness (QED) is 0.772. The maximum atomic E-state index is 9.37. The zero-order valence-corrected chi connectivity index (χ0v) is 8.51. The molecule has 0 aliphatic rings. The molecule has 0 fully saturated rings. The van der Waals surface area contributed by atoms with Crippen LogP contribution in [0.1, 0.15) is 5.82 Å². The van der Waals surface area contributed by atoms with Gasteiger partial charge in [0.2, 0.25) is 0 Å². The Morgan fingerprint density at radius 1 is 1.47 bits per heavy atom. The van der Waals surface area contributed by atoms with Crippen molar-refractivity contribution in [2.24, 2.45) is 12.8 Å². The summed E-state index contributed by atoms with van der Waals surface area (Å²) in [5.41, 5.74) is 7.42. The Bertz CT molecular complexity index is 476. The average Bonchev–Trinajstić information content (AvgIpc) is 2.59. The summed E-state index contributed by atoms with van der Waals surface area (Å²) in [6, 6.07) is 7.08. The van der Waals surface area contributed by atoms with Crippen LogP contribution >= 0.6 is 0 Å². The van der Waals surface area contributed by atoms with Crippen LogP contribution in [0.2, 0.25) is 0 Å².